The first kappa shape index (κ1) is 13.7. The van der Waals surface area contributed by atoms with Gasteiger partial charge in [-0.1, -0.05) is 0 Å². The van der Waals surface area contributed by atoms with Crippen LogP contribution >= 0.6 is 0 Å². The highest BCUT2D eigenvalue weighted by molar-refractivity contribution is 5.73. The van der Waals surface area contributed by atoms with Gasteiger partial charge in [0.05, 0.1) is 6.61 Å². The van der Waals surface area contributed by atoms with Crippen molar-refractivity contribution in [2.45, 2.75) is 32.9 Å². The van der Waals surface area contributed by atoms with Crippen LogP contribution in [0.25, 0.3) is 0 Å². The van der Waals surface area contributed by atoms with Crippen molar-refractivity contribution in [3.05, 3.63) is 23.0 Å². The smallest absolute Gasteiger partial charge is 0.320 e. The number of aliphatic carboxylic acids is 1. The van der Waals surface area contributed by atoms with Crippen LogP contribution in [0.1, 0.15) is 17.0 Å². The summed E-state index contributed by atoms with van der Waals surface area (Å²) >= 11 is 0. The van der Waals surface area contributed by atoms with Gasteiger partial charge in [-0.15, -0.1) is 0 Å². The van der Waals surface area contributed by atoms with Crippen LogP contribution in [0.15, 0.2) is 6.07 Å². The van der Waals surface area contributed by atoms with E-state index >= 15 is 0 Å². The average Bonchev–Trinajstić information content (AvgIpc) is 2.52. The molecule has 0 aliphatic carbocycles. The number of aromatic nitrogens is 1. The molecule has 0 saturated heterocycles. The van der Waals surface area contributed by atoms with Crippen molar-refractivity contribution in [2.75, 3.05) is 13.7 Å². The van der Waals surface area contributed by atoms with Gasteiger partial charge < -0.3 is 20.1 Å². The van der Waals surface area contributed by atoms with E-state index in [-0.39, 0.29) is 0 Å². The Labute approximate surface area is 101 Å². The number of nitrogens with zero attached hydrogens (tertiary/aromatic N) is 1. The summed E-state index contributed by atoms with van der Waals surface area (Å²) in [6.45, 7) is 5.39. The van der Waals surface area contributed by atoms with Gasteiger partial charge in [-0.2, -0.15) is 0 Å². The zero-order chi connectivity index (χ0) is 13.0. The molecule has 0 aliphatic rings. The summed E-state index contributed by atoms with van der Waals surface area (Å²) in [5.41, 5.74) is 8.71. The molecule has 1 atom stereocenters. The van der Waals surface area contributed by atoms with Crippen LogP contribution in [0.5, 0.6) is 0 Å². The lowest BCUT2D eigenvalue weighted by Gasteiger charge is -2.10. The Bertz CT molecular complexity index is 399. The molecular formula is C12H20N2O3. The van der Waals surface area contributed by atoms with Crippen LogP contribution in [0, 0.1) is 13.8 Å². The monoisotopic (exact) mass is 240 g/mol. The first-order valence-corrected chi connectivity index (χ1v) is 5.60. The molecule has 0 amide bonds. The highest BCUT2D eigenvalue weighted by atomic mass is 16.5. The molecule has 0 fully saturated rings. The molecule has 0 aromatic carbocycles. The summed E-state index contributed by atoms with van der Waals surface area (Å²) < 4.78 is 7.16. The van der Waals surface area contributed by atoms with Crippen LogP contribution in [0.2, 0.25) is 0 Å². The van der Waals surface area contributed by atoms with Crippen LogP contribution in [0.4, 0.5) is 0 Å². The Morgan fingerprint density at radius 1 is 1.59 bits per heavy atom. The molecule has 1 aromatic rings. The van der Waals surface area contributed by atoms with Gasteiger partial charge in [0.25, 0.3) is 0 Å². The number of carboxylic acids is 1. The fourth-order valence-corrected chi connectivity index (χ4v) is 1.93. The van der Waals surface area contributed by atoms with Gasteiger partial charge in [-0.3, -0.25) is 4.79 Å². The molecule has 96 valence electrons. The maximum atomic E-state index is 10.7. The summed E-state index contributed by atoms with van der Waals surface area (Å²) in [5.74, 6) is -0.966. The van der Waals surface area contributed by atoms with Crippen molar-refractivity contribution >= 4 is 5.97 Å². The SMILES string of the molecule is COCCn1c(C)cc(CC(N)C(=O)O)c1C. The largest absolute Gasteiger partial charge is 0.480 e. The number of ether oxygens (including phenoxy) is 1. The molecule has 1 aromatic heterocycles. The highest BCUT2D eigenvalue weighted by Gasteiger charge is 2.16. The summed E-state index contributed by atoms with van der Waals surface area (Å²) in [6.07, 6.45) is 0.363. The van der Waals surface area contributed by atoms with Crippen LogP contribution in [-0.2, 0) is 22.5 Å². The normalized spacial score (nSPS) is 12.7. The van der Waals surface area contributed by atoms with Crippen molar-refractivity contribution in [2.24, 2.45) is 5.73 Å². The van der Waals surface area contributed by atoms with Gasteiger partial charge in [-0.25, -0.2) is 0 Å². The second kappa shape index (κ2) is 5.84. The second-order valence-corrected chi connectivity index (χ2v) is 4.19. The predicted molar refractivity (Wildman–Crippen MR) is 65.1 cm³/mol. The fourth-order valence-electron chi connectivity index (χ4n) is 1.93. The summed E-state index contributed by atoms with van der Waals surface area (Å²) in [6, 6.07) is 1.15. The summed E-state index contributed by atoms with van der Waals surface area (Å²) in [4.78, 5) is 10.7. The topological polar surface area (TPSA) is 77.5 Å². The molecular weight excluding hydrogens is 220 g/mol. The Kier molecular flexibility index (Phi) is 4.72. The maximum Gasteiger partial charge on any atom is 0.320 e. The van der Waals surface area contributed by atoms with Gasteiger partial charge in [-0.05, 0) is 31.9 Å². The van der Waals surface area contributed by atoms with E-state index in [1.54, 1.807) is 7.11 Å². The fraction of sp³-hybridized carbons (Fsp3) is 0.583. The Balaban J connectivity index is 2.84. The van der Waals surface area contributed by atoms with Gasteiger partial charge in [0.15, 0.2) is 0 Å². The van der Waals surface area contributed by atoms with E-state index in [1.165, 1.54) is 0 Å². The first-order chi connectivity index (χ1) is 7.97. The average molecular weight is 240 g/mol. The van der Waals surface area contributed by atoms with E-state index in [2.05, 4.69) is 4.57 Å². The number of carboxylic acid groups (broad SMARTS) is 1. The van der Waals surface area contributed by atoms with E-state index in [0.29, 0.717) is 13.0 Å². The molecule has 0 bridgehead atoms. The van der Waals surface area contributed by atoms with E-state index in [9.17, 15) is 4.79 Å². The minimum atomic E-state index is -0.966. The first-order valence-electron chi connectivity index (χ1n) is 5.60. The van der Waals surface area contributed by atoms with Gasteiger partial charge in [0.2, 0.25) is 0 Å². The molecule has 17 heavy (non-hydrogen) atoms. The molecule has 1 heterocycles. The zero-order valence-electron chi connectivity index (χ0n) is 10.6. The molecule has 5 nitrogen and oxygen atoms in total. The Morgan fingerprint density at radius 3 is 2.76 bits per heavy atom. The maximum absolute atomic E-state index is 10.7. The minimum Gasteiger partial charge on any atom is -0.480 e. The van der Waals surface area contributed by atoms with Gasteiger partial charge in [0, 0.05) is 25.0 Å². The molecule has 1 unspecified atom stereocenters. The number of rotatable bonds is 6. The number of methoxy groups -OCH3 is 1. The lowest BCUT2D eigenvalue weighted by Crippen LogP contribution is -2.32. The molecule has 0 spiro atoms. The number of nitrogens with two attached hydrogens (primary N) is 1. The number of hydrogen-bond donors (Lipinski definition) is 2. The third-order valence-electron chi connectivity index (χ3n) is 2.95. The predicted octanol–water partition coefficient (Wildman–Crippen LogP) is 0.706. The third-order valence-corrected chi connectivity index (χ3v) is 2.95. The van der Waals surface area contributed by atoms with Crippen LogP contribution < -0.4 is 5.73 Å². The number of aryl methyl sites for hydroxylation is 1. The quantitative estimate of drug-likeness (QED) is 0.767. The molecule has 0 radical (unpaired) electrons. The standard InChI is InChI=1S/C12H20N2O3/c1-8-6-10(7-11(13)12(15)16)9(2)14(8)4-5-17-3/h6,11H,4-5,7,13H2,1-3H3,(H,15,16). The molecule has 5 heteroatoms. The number of hydrogen-bond acceptors (Lipinski definition) is 3. The lowest BCUT2D eigenvalue weighted by molar-refractivity contribution is -0.138. The van der Waals surface area contributed by atoms with Gasteiger partial charge in [0.1, 0.15) is 6.04 Å². The molecule has 0 saturated carbocycles. The van der Waals surface area contributed by atoms with Gasteiger partial charge >= 0.3 is 5.97 Å². The van der Waals surface area contributed by atoms with E-state index in [0.717, 1.165) is 23.5 Å². The molecule has 0 aliphatic heterocycles. The second-order valence-electron chi connectivity index (χ2n) is 4.19. The van der Waals surface area contributed by atoms with Crippen molar-refractivity contribution in [1.82, 2.24) is 4.57 Å². The van der Waals surface area contributed by atoms with Crippen molar-refractivity contribution in [3.8, 4) is 0 Å². The molecule has 1 rings (SSSR count). The zero-order valence-corrected chi connectivity index (χ0v) is 10.6. The highest BCUT2D eigenvalue weighted by Crippen LogP contribution is 2.16. The Hall–Kier alpha value is -1.33. The van der Waals surface area contributed by atoms with E-state index in [4.69, 9.17) is 15.6 Å². The van der Waals surface area contributed by atoms with E-state index < -0.39 is 12.0 Å². The van der Waals surface area contributed by atoms with Crippen LogP contribution in [0.3, 0.4) is 0 Å². The van der Waals surface area contributed by atoms with Crippen molar-refractivity contribution < 1.29 is 14.6 Å². The van der Waals surface area contributed by atoms with Crippen molar-refractivity contribution in [1.29, 1.82) is 0 Å². The lowest BCUT2D eigenvalue weighted by atomic mass is 10.1. The molecule has 3 N–H and O–H groups in total. The summed E-state index contributed by atoms with van der Waals surface area (Å²) in [7, 11) is 1.66. The van der Waals surface area contributed by atoms with Crippen LogP contribution in [-0.4, -0.2) is 35.4 Å². The minimum absolute atomic E-state index is 0.363. The number of carbonyl (C=O) groups is 1. The van der Waals surface area contributed by atoms with E-state index in [1.807, 2.05) is 19.9 Å². The third kappa shape index (κ3) is 3.31. The summed E-state index contributed by atoms with van der Waals surface area (Å²) in [5, 5.41) is 8.80. The Morgan fingerprint density at radius 2 is 2.24 bits per heavy atom. The van der Waals surface area contributed by atoms with Crippen molar-refractivity contribution in [3.63, 3.8) is 0 Å².